The van der Waals surface area contributed by atoms with Gasteiger partial charge in [0, 0.05) is 44.5 Å². The van der Waals surface area contributed by atoms with Gasteiger partial charge >= 0.3 is 6.09 Å². The number of piperazine rings is 1. The Bertz CT molecular complexity index is 627. The van der Waals surface area contributed by atoms with Crippen molar-refractivity contribution in [3.63, 3.8) is 0 Å². The maximum atomic E-state index is 12.6. The van der Waals surface area contributed by atoms with E-state index in [1.807, 2.05) is 6.92 Å². The van der Waals surface area contributed by atoms with Crippen molar-refractivity contribution >= 4 is 17.9 Å². The summed E-state index contributed by atoms with van der Waals surface area (Å²) in [5.74, 6) is -0.459. The highest BCUT2D eigenvalue weighted by molar-refractivity contribution is 5.98. The Morgan fingerprint density at radius 3 is 2.48 bits per heavy atom. The van der Waals surface area contributed by atoms with Crippen LogP contribution < -0.4 is 5.32 Å². The van der Waals surface area contributed by atoms with Crippen molar-refractivity contribution in [3.05, 3.63) is 29.6 Å². The topological polar surface area (TPSA) is 91.8 Å². The largest absolute Gasteiger partial charge is 0.450 e. The maximum Gasteiger partial charge on any atom is 0.409 e. The van der Waals surface area contributed by atoms with Gasteiger partial charge in [-0.05, 0) is 25.5 Å². The van der Waals surface area contributed by atoms with Crippen LogP contribution in [0.5, 0.6) is 0 Å². The van der Waals surface area contributed by atoms with Crippen LogP contribution in [0.15, 0.2) is 18.3 Å². The number of rotatable bonds is 5. The van der Waals surface area contributed by atoms with E-state index in [1.54, 1.807) is 22.8 Å². The summed E-state index contributed by atoms with van der Waals surface area (Å²) in [7, 11) is 0. The van der Waals surface area contributed by atoms with E-state index in [4.69, 9.17) is 4.74 Å². The van der Waals surface area contributed by atoms with Crippen LogP contribution in [-0.4, -0.2) is 72.0 Å². The third-order valence-electron chi connectivity index (χ3n) is 3.87. The highest BCUT2D eigenvalue weighted by atomic mass is 16.6. The molecule has 1 aliphatic rings. The lowest BCUT2D eigenvalue weighted by Crippen LogP contribution is -2.50. The molecule has 1 aliphatic heterocycles. The lowest BCUT2D eigenvalue weighted by Gasteiger charge is -2.34. The summed E-state index contributed by atoms with van der Waals surface area (Å²) in [6.45, 7) is 6.33. The van der Waals surface area contributed by atoms with Crippen molar-refractivity contribution in [1.82, 2.24) is 20.1 Å². The van der Waals surface area contributed by atoms with Crippen molar-refractivity contribution in [2.75, 3.05) is 39.3 Å². The molecule has 0 radical (unpaired) electrons. The fraction of sp³-hybridized carbons (Fsp3) is 0.529. The molecule has 1 fully saturated rings. The molecule has 0 bridgehead atoms. The molecule has 3 amide bonds. The van der Waals surface area contributed by atoms with Crippen LogP contribution in [0.25, 0.3) is 0 Å². The Balaban J connectivity index is 1.97. The number of amides is 3. The molecule has 0 spiro atoms. The van der Waals surface area contributed by atoms with E-state index >= 15 is 0 Å². The van der Waals surface area contributed by atoms with E-state index in [2.05, 4.69) is 10.3 Å². The molecule has 136 valence electrons. The fourth-order valence-electron chi connectivity index (χ4n) is 2.51. The molecule has 8 nitrogen and oxygen atoms in total. The summed E-state index contributed by atoms with van der Waals surface area (Å²) in [6.07, 6.45) is 1.94. The highest BCUT2D eigenvalue weighted by Gasteiger charge is 2.26. The van der Waals surface area contributed by atoms with Gasteiger partial charge in [0.15, 0.2) is 0 Å². The number of pyridine rings is 1. The van der Waals surface area contributed by atoms with E-state index in [0.29, 0.717) is 44.9 Å². The first-order valence-corrected chi connectivity index (χ1v) is 8.52. The predicted molar refractivity (Wildman–Crippen MR) is 91.4 cm³/mol. The van der Waals surface area contributed by atoms with E-state index < -0.39 is 0 Å². The van der Waals surface area contributed by atoms with Crippen LogP contribution in [0.2, 0.25) is 0 Å². The van der Waals surface area contributed by atoms with Gasteiger partial charge in [0.05, 0.1) is 6.61 Å². The molecule has 1 N–H and O–H groups in total. The van der Waals surface area contributed by atoms with Gasteiger partial charge in [-0.3, -0.25) is 14.6 Å². The molecule has 1 aromatic heterocycles. The minimum atomic E-state index is -0.353. The monoisotopic (exact) mass is 348 g/mol. The number of ether oxygens (including phenoxy) is 1. The second-order valence-electron chi connectivity index (χ2n) is 5.66. The summed E-state index contributed by atoms with van der Waals surface area (Å²) < 4.78 is 4.97. The molecule has 0 aliphatic carbocycles. The van der Waals surface area contributed by atoms with Crippen LogP contribution in [0, 0.1) is 0 Å². The third-order valence-corrected chi connectivity index (χ3v) is 3.87. The normalized spacial score (nSPS) is 14.2. The summed E-state index contributed by atoms with van der Waals surface area (Å²) in [6, 6.07) is 3.10. The zero-order valence-electron chi connectivity index (χ0n) is 14.7. The van der Waals surface area contributed by atoms with Crippen molar-refractivity contribution in [3.8, 4) is 0 Å². The highest BCUT2D eigenvalue weighted by Crippen LogP contribution is 2.10. The third kappa shape index (κ3) is 4.91. The van der Waals surface area contributed by atoms with Gasteiger partial charge in [-0.25, -0.2) is 4.79 Å². The Labute approximate surface area is 147 Å². The number of carbonyl (C=O) groups is 3. The van der Waals surface area contributed by atoms with Crippen LogP contribution in [0.1, 0.15) is 41.1 Å². The van der Waals surface area contributed by atoms with Gasteiger partial charge in [-0.1, -0.05) is 6.92 Å². The molecule has 2 heterocycles. The minimum Gasteiger partial charge on any atom is -0.450 e. The van der Waals surface area contributed by atoms with Gasteiger partial charge in [-0.15, -0.1) is 0 Å². The zero-order chi connectivity index (χ0) is 18.2. The van der Waals surface area contributed by atoms with Gasteiger partial charge in [0.2, 0.25) is 0 Å². The van der Waals surface area contributed by atoms with Crippen LogP contribution >= 0.6 is 0 Å². The number of aromatic nitrogens is 1. The van der Waals surface area contributed by atoms with Gasteiger partial charge < -0.3 is 19.9 Å². The fourth-order valence-corrected chi connectivity index (χ4v) is 2.51. The summed E-state index contributed by atoms with van der Waals surface area (Å²) in [4.78, 5) is 43.6. The number of nitrogens with zero attached hydrogens (tertiary/aromatic N) is 3. The van der Waals surface area contributed by atoms with Crippen LogP contribution in [0.4, 0.5) is 4.79 Å². The van der Waals surface area contributed by atoms with Crippen molar-refractivity contribution in [2.24, 2.45) is 0 Å². The number of hydrogen-bond acceptors (Lipinski definition) is 5. The molecule has 0 atom stereocenters. The average molecular weight is 348 g/mol. The van der Waals surface area contributed by atoms with E-state index in [-0.39, 0.29) is 23.6 Å². The van der Waals surface area contributed by atoms with Gasteiger partial charge in [0.25, 0.3) is 11.8 Å². The smallest absolute Gasteiger partial charge is 0.409 e. The molecule has 1 aromatic rings. The molecule has 0 aromatic carbocycles. The predicted octanol–water partition coefficient (Wildman–Crippen LogP) is 1.14. The average Bonchev–Trinajstić information content (AvgIpc) is 2.66. The van der Waals surface area contributed by atoms with E-state index in [0.717, 1.165) is 6.42 Å². The molecular weight excluding hydrogens is 324 g/mol. The molecule has 0 unspecified atom stereocenters. The Morgan fingerprint density at radius 2 is 1.84 bits per heavy atom. The Morgan fingerprint density at radius 1 is 1.16 bits per heavy atom. The SMILES string of the molecule is CCCNC(=O)c1cc(C(=O)N2CCN(C(=O)OCC)CC2)ccn1. The van der Waals surface area contributed by atoms with Gasteiger partial charge in [0.1, 0.15) is 5.69 Å². The first kappa shape index (κ1) is 18.7. The van der Waals surface area contributed by atoms with Crippen molar-refractivity contribution < 1.29 is 19.1 Å². The van der Waals surface area contributed by atoms with Crippen LogP contribution in [0.3, 0.4) is 0 Å². The first-order valence-electron chi connectivity index (χ1n) is 8.52. The summed E-state index contributed by atoms with van der Waals surface area (Å²) in [5, 5.41) is 2.74. The maximum absolute atomic E-state index is 12.6. The molecule has 25 heavy (non-hydrogen) atoms. The first-order chi connectivity index (χ1) is 12.1. The number of carbonyl (C=O) groups excluding carboxylic acids is 3. The number of nitrogens with one attached hydrogen (secondary N) is 1. The summed E-state index contributed by atoms with van der Waals surface area (Å²) in [5.41, 5.74) is 0.644. The zero-order valence-corrected chi connectivity index (χ0v) is 14.7. The second-order valence-corrected chi connectivity index (χ2v) is 5.66. The van der Waals surface area contributed by atoms with E-state index in [9.17, 15) is 14.4 Å². The quantitative estimate of drug-likeness (QED) is 0.861. The number of hydrogen-bond donors (Lipinski definition) is 1. The van der Waals surface area contributed by atoms with Gasteiger partial charge in [-0.2, -0.15) is 0 Å². The summed E-state index contributed by atoms with van der Waals surface area (Å²) >= 11 is 0. The molecule has 2 rings (SSSR count). The second kappa shape index (κ2) is 9.00. The lowest BCUT2D eigenvalue weighted by atomic mass is 10.1. The lowest BCUT2D eigenvalue weighted by molar-refractivity contribution is 0.0570. The molecule has 0 saturated carbocycles. The molecule has 8 heteroatoms. The Kier molecular flexibility index (Phi) is 6.73. The standard InChI is InChI=1S/C17H24N4O4/c1-3-6-19-15(22)14-12-13(5-7-18-14)16(23)20-8-10-21(11-9-20)17(24)25-4-2/h5,7,12H,3-4,6,8-11H2,1-2H3,(H,19,22). The van der Waals surface area contributed by atoms with E-state index in [1.165, 1.54) is 12.3 Å². The van der Waals surface area contributed by atoms with Crippen LogP contribution in [-0.2, 0) is 4.74 Å². The van der Waals surface area contributed by atoms with Crippen molar-refractivity contribution in [2.45, 2.75) is 20.3 Å². The van der Waals surface area contributed by atoms with Crippen molar-refractivity contribution in [1.29, 1.82) is 0 Å². The molecule has 1 saturated heterocycles. The molecular formula is C17H24N4O4. The Hall–Kier alpha value is -2.64. The minimum absolute atomic E-state index is 0.171.